The minimum Gasteiger partial charge on any atom is -0.462 e. The lowest BCUT2D eigenvalue weighted by Gasteiger charge is -2.11. The van der Waals surface area contributed by atoms with E-state index in [1.165, 1.54) is 0 Å². The van der Waals surface area contributed by atoms with Gasteiger partial charge in [-0.05, 0) is 19.1 Å². The number of carbonyl (C=O) groups is 1. The van der Waals surface area contributed by atoms with Gasteiger partial charge >= 0.3 is 5.97 Å². The molecular formula is C13H15N3O2S. The fourth-order valence-electron chi connectivity index (χ4n) is 1.62. The molecule has 0 aliphatic carbocycles. The highest BCUT2D eigenvalue weighted by Gasteiger charge is 2.13. The summed E-state index contributed by atoms with van der Waals surface area (Å²) < 4.78 is 4.96. The second-order valence-corrected chi connectivity index (χ2v) is 4.78. The number of carbonyl (C=O) groups excluding carboxylic acids is 1. The van der Waals surface area contributed by atoms with E-state index in [4.69, 9.17) is 10.5 Å². The van der Waals surface area contributed by atoms with Crippen LogP contribution >= 0.6 is 11.3 Å². The summed E-state index contributed by atoms with van der Waals surface area (Å²) in [4.78, 5) is 16.8. The van der Waals surface area contributed by atoms with E-state index in [1.807, 2.05) is 6.07 Å². The SMILES string of the molecule is CCOC(=O)c1cccc(NCc2cncs2)c1N. The molecule has 2 aromatic rings. The second kappa shape index (κ2) is 6.19. The molecule has 0 spiro atoms. The number of nitrogens with zero attached hydrogens (tertiary/aromatic N) is 1. The van der Waals surface area contributed by atoms with Crippen molar-refractivity contribution in [2.75, 3.05) is 17.7 Å². The summed E-state index contributed by atoms with van der Waals surface area (Å²) in [6.07, 6.45) is 1.79. The molecule has 6 heteroatoms. The molecule has 0 saturated heterocycles. The minimum atomic E-state index is -0.401. The van der Waals surface area contributed by atoms with Crippen LogP contribution in [0.2, 0.25) is 0 Å². The third kappa shape index (κ3) is 3.23. The number of esters is 1. The first-order valence-electron chi connectivity index (χ1n) is 5.89. The van der Waals surface area contributed by atoms with Gasteiger partial charge in [-0.2, -0.15) is 0 Å². The smallest absolute Gasteiger partial charge is 0.340 e. The maximum atomic E-state index is 11.7. The Morgan fingerprint density at radius 3 is 3.05 bits per heavy atom. The topological polar surface area (TPSA) is 77.2 Å². The highest BCUT2D eigenvalue weighted by Crippen LogP contribution is 2.24. The summed E-state index contributed by atoms with van der Waals surface area (Å²) >= 11 is 1.56. The quantitative estimate of drug-likeness (QED) is 0.648. The van der Waals surface area contributed by atoms with Crippen LogP contribution in [-0.4, -0.2) is 17.6 Å². The largest absolute Gasteiger partial charge is 0.462 e. The van der Waals surface area contributed by atoms with E-state index in [2.05, 4.69) is 10.3 Å². The molecule has 0 fully saturated rings. The van der Waals surface area contributed by atoms with Gasteiger partial charge in [0.05, 0.1) is 35.6 Å². The van der Waals surface area contributed by atoms with Crippen LogP contribution in [0.4, 0.5) is 11.4 Å². The second-order valence-electron chi connectivity index (χ2n) is 3.81. The van der Waals surface area contributed by atoms with Crippen molar-refractivity contribution in [1.29, 1.82) is 0 Å². The Morgan fingerprint density at radius 1 is 1.53 bits per heavy atom. The average Bonchev–Trinajstić information content (AvgIpc) is 2.91. The molecule has 0 saturated carbocycles. The molecule has 19 heavy (non-hydrogen) atoms. The molecule has 0 radical (unpaired) electrons. The molecule has 0 unspecified atom stereocenters. The lowest BCUT2D eigenvalue weighted by molar-refractivity contribution is 0.0527. The summed E-state index contributed by atoms with van der Waals surface area (Å²) in [5, 5.41) is 3.19. The van der Waals surface area contributed by atoms with E-state index in [9.17, 15) is 4.79 Å². The van der Waals surface area contributed by atoms with Gasteiger partial charge in [0.1, 0.15) is 0 Å². The van der Waals surface area contributed by atoms with Gasteiger partial charge < -0.3 is 15.8 Å². The van der Waals surface area contributed by atoms with Crippen molar-refractivity contribution in [2.45, 2.75) is 13.5 Å². The average molecular weight is 277 g/mol. The Balaban J connectivity index is 2.13. The molecule has 100 valence electrons. The molecule has 1 aromatic carbocycles. The van der Waals surface area contributed by atoms with Crippen molar-refractivity contribution in [2.24, 2.45) is 0 Å². The maximum Gasteiger partial charge on any atom is 0.340 e. The van der Waals surface area contributed by atoms with Crippen LogP contribution in [0.1, 0.15) is 22.2 Å². The highest BCUT2D eigenvalue weighted by atomic mass is 32.1. The minimum absolute atomic E-state index is 0.330. The molecule has 0 amide bonds. The number of anilines is 2. The van der Waals surface area contributed by atoms with E-state index >= 15 is 0 Å². The lowest BCUT2D eigenvalue weighted by Crippen LogP contribution is -2.10. The summed E-state index contributed by atoms with van der Waals surface area (Å²) in [6, 6.07) is 5.27. The van der Waals surface area contributed by atoms with Gasteiger partial charge in [0, 0.05) is 11.1 Å². The normalized spacial score (nSPS) is 10.2. The van der Waals surface area contributed by atoms with Crippen molar-refractivity contribution in [3.63, 3.8) is 0 Å². The number of nitrogens with two attached hydrogens (primary N) is 1. The van der Waals surface area contributed by atoms with Gasteiger partial charge in [0.15, 0.2) is 0 Å². The van der Waals surface area contributed by atoms with E-state index in [0.717, 1.165) is 10.6 Å². The Kier molecular flexibility index (Phi) is 4.35. The first-order chi connectivity index (χ1) is 9.22. The zero-order valence-electron chi connectivity index (χ0n) is 10.6. The number of hydrogen-bond acceptors (Lipinski definition) is 6. The number of ether oxygens (including phenoxy) is 1. The Bertz CT molecular complexity index is 555. The van der Waals surface area contributed by atoms with Crippen LogP contribution in [0.5, 0.6) is 0 Å². The van der Waals surface area contributed by atoms with E-state index in [0.29, 0.717) is 24.4 Å². The van der Waals surface area contributed by atoms with Crippen molar-refractivity contribution in [3.8, 4) is 0 Å². The Labute approximate surface area is 115 Å². The van der Waals surface area contributed by atoms with Crippen LogP contribution in [0, 0.1) is 0 Å². The molecule has 1 heterocycles. The number of nitrogen functional groups attached to an aromatic ring is 1. The Morgan fingerprint density at radius 2 is 2.37 bits per heavy atom. The van der Waals surface area contributed by atoms with Gasteiger partial charge in [-0.3, -0.25) is 4.98 Å². The monoisotopic (exact) mass is 277 g/mol. The Hall–Kier alpha value is -2.08. The molecule has 1 aromatic heterocycles. The number of para-hydroxylation sites is 1. The molecule has 0 bridgehead atoms. The summed E-state index contributed by atoms with van der Waals surface area (Å²) in [6.45, 7) is 2.72. The predicted molar refractivity (Wildman–Crippen MR) is 76.3 cm³/mol. The lowest BCUT2D eigenvalue weighted by atomic mass is 10.1. The molecule has 3 N–H and O–H groups in total. The summed E-state index contributed by atoms with van der Waals surface area (Å²) in [7, 11) is 0. The third-order valence-corrected chi connectivity index (χ3v) is 3.32. The highest BCUT2D eigenvalue weighted by molar-refractivity contribution is 7.09. The molecule has 0 aliphatic heterocycles. The van der Waals surface area contributed by atoms with Crippen molar-refractivity contribution >= 4 is 28.7 Å². The molecule has 2 rings (SSSR count). The van der Waals surface area contributed by atoms with Crippen LogP contribution < -0.4 is 11.1 Å². The molecule has 0 aliphatic rings. The summed E-state index contributed by atoms with van der Waals surface area (Å²) in [5.41, 5.74) is 9.27. The number of benzene rings is 1. The predicted octanol–water partition coefficient (Wildman–Crippen LogP) is 2.51. The van der Waals surface area contributed by atoms with E-state index < -0.39 is 5.97 Å². The van der Waals surface area contributed by atoms with E-state index in [1.54, 1.807) is 42.1 Å². The van der Waals surface area contributed by atoms with Crippen LogP contribution in [0.15, 0.2) is 29.9 Å². The van der Waals surface area contributed by atoms with Crippen molar-refractivity contribution in [3.05, 3.63) is 40.3 Å². The van der Waals surface area contributed by atoms with Gasteiger partial charge in [-0.1, -0.05) is 6.07 Å². The first kappa shape index (κ1) is 13.4. The number of rotatable bonds is 5. The fraction of sp³-hybridized carbons (Fsp3) is 0.231. The van der Waals surface area contributed by atoms with Gasteiger partial charge in [0.2, 0.25) is 0 Å². The number of thiazole rings is 1. The molecule has 0 atom stereocenters. The van der Waals surface area contributed by atoms with Crippen LogP contribution in [0.3, 0.4) is 0 Å². The molecule has 5 nitrogen and oxygen atoms in total. The number of hydrogen-bond donors (Lipinski definition) is 2. The number of nitrogens with one attached hydrogen (secondary N) is 1. The van der Waals surface area contributed by atoms with Crippen molar-refractivity contribution < 1.29 is 9.53 Å². The fourth-order valence-corrected chi connectivity index (χ4v) is 2.15. The zero-order valence-corrected chi connectivity index (χ0v) is 11.4. The van der Waals surface area contributed by atoms with Gasteiger partial charge in [-0.15, -0.1) is 11.3 Å². The number of aromatic nitrogens is 1. The van der Waals surface area contributed by atoms with Crippen LogP contribution in [-0.2, 0) is 11.3 Å². The van der Waals surface area contributed by atoms with Crippen molar-refractivity contribution in [1.82, 2.24) is 4.98 Å². The maximum absolute atomic E-state index is 11.7. The third-order valence-electron chi connectivity index (χ3n) is 2.54. The zero-order chi connectivity index (χ0) is 13.7. The van der Waals surface area contributed by atoms with Gasteiger partial charge in [-0.25, -0.2) is 4.79 Å². The van der Waals surface area contributed by atoms with Gasteiger partial charge in [0.25, 0.3) is 0 Å². The first-order valence-corrected chi connectivity index (χ1v) is 6.77. The molecular weight excluding hydrogens is 262 g/mol. The van der Waals surface area contributed by atoms with E-state index in [-0.39, 0.29) is 0 Å². The van der Waals surface area contributed by atoms with Crippen LogP contribution in [0.25, 0.3) is 0 Å². The standard InChI is InChI=1S/C13H15N3O2S/c1-2-18-13(17)10-4-3-5-11(12(10)14)16-7-9-6-15-8-19-9/h3-6,8,16H,2,7,14H2,1H3. The summed E-state index contributed by atoms with van der Waals surface area (Å²) in [5.74, 6) is -0.401.